The van der Waals surface area contributed by atoms with Gasteiger partial charge in [-0.2, -0.15) is 5.10 Å². The number of carbonyl (C=O) groups excluding carboxylic acids is 2. The molecule has 3 rings (SSSR count). The molecule has 2 amide bonds. The van der Waals surface area contributed by atoms with Crippen molar-refractivity contribution in [2.45, 2.75) is 34.3 Å². The minimum atomic E-state index is -0.830. The van der Waals surface area contributed by atoms with Crippen molar-refractivity contribution in [3.63, 3.8) is 0 Å². The Kier molecular flexibility index (Phi) is 7.39. The number of hydrogen-bond donors (Lipinski definition) is 2. The Morgan fingerprint density at radius 2 is 1.50 bits per heavy atom. The summed E-state index contributed by atoms with van der Waals surface area (Å²) in [6.07, 6.45) is 0. The lowest BCUT2D eigenvalue weighted by molar-refractivity contribution is -0.136. The van der Waals surface area contributed by atoms with Crippen molar-refractivity contribution in [1.82, 2.24) is 5.43 Å². The van der Waals surface area contributed by atoms with Gasteiger partial charge in [-0.15, -0.1) is 0 Å². The second-order valence-electron chi connectivity index (χ2n) is 7.71. The Morgan fingerprint density at radius 3 is 2.19 bits per heavy atom. The highest BCUT2D eigenvalue weighted by atomic mass is 16.5. The SMILES string of the molecule is C/C(=N\NC(=O)C(=O)Nc1cc(C)ccc1C)c1ccc(OCc2ccc(C)cc2)cc1. The molecule has 6 nitrogen and oxygen atoms in total. The third kappa shape index (κ3) is 6.28. The van der Waals surface area contributed by atoms with E-state index in [1.54, 1.807) is 6.92 Å². The highest BCUT2D eigenvalue weighted by Crippen LogP contribution is 2.17. The lowest BCUT2D eigenvalue weighted by Crippen LogP contribution is -2.33. The molecule has 6 heteroatoms. The second-order valence-corrected chi connectivity index (χ2v) is 7.71. The van der Waals surface area contributed by atoms with Crippen LogP contribution in [0.5, 0.6) is 5.75 Å². The zero-order chi connectivity index (χ0) is 23.1. The maximum Gasteiger partial charge on any atom is 0.329 e. The van der Waals surface area contributed by atoms with E-state index < -0.39 is 11.8 Å². The summed E-state index contributed by atoms with van der Waals surface area (Å²) in [6, 6.07) is 21.2. The minimum absolute atomic E-state index is 0.484. The fourth-order valence-electron chi connectivity index (χ4n) is 2.94. The lowest BCUT2D eigenvalue weighted by Gasteiger charge is -2.09. The number of nitrogens with one attached hydrogen (secondary N) is 2. The van der Waals surface area contributed by atoms with E-state index in [0.29, 0.717) is 18.0 Å². The number of amides is 2. The van der Waals surface area contributed by atoms with Crippen molar-refractivity contribution in [2.75, 3.05) is 5.32 Å². The molecule has 0 aromatic heterocycles. The number of aryl methyl sites for hydroxylation is 3. The first-order chi connectivity index (χ1) is 15.3. The number of ether oxygens (including phenoxy) is 1. The normalized spacial score (nSPS) is 11.1. The molecule has 0 saturated carbocycles. The Bertz CT molecular complexity index is 1130. The van der Waals surface area contributed by atoms with Crippen LogP contribution in [0.3, 0.4) is 0 Å². The van der Waals surface area contributed by atoms with Crippen molar-refractivity contribution in [3.05, 3.63) is 94.5 Å². The monoisotopic (exact) mass is 429 g/mol. The first-order valence-corrected chi connectivity index (χ1v) is 10.3. The molecule has 0 bridgehead atoms. The minimum Gasteiger partial charge on any atom is -0.489 e. The van der Waals surface area contributed by atoms with Gasteiger partial charge in [0.1, 0.15) is 12.4 Å². The third-order valence-electron chi connectivity index (χ3n) is 4.97. The largest absolute Gasteiger partial charge is 0.489 e. The zero-order valence-electron chi connectivity index (χ0n) is 18.7. The summed E-state index contributed by atoms with van der Waals surface area (Å²) in [5, 5.41) is 6.66. The summed E-state index contributed by atoms with van der Waals surface area (Å²) in [6.45, 7) is 8.07. The van der Waals surface area contributed by atoms with Gasteiger partial charge in [0.25, 0.3) is 0 Å². The van der Waals surface area contributed by atoms with Crippen LogP contribution in [0.25, 0.3) is 0 Å². The summed E-state index contributed by atoms with van der Waals surface area (Å²) >= 11 is 0. The van der Waals surface area contributed by atoms with E-state index in [2.05, 4.69) is 28.0 Å². The van der Waals surface area contributed by atoms with Crippen LogP contribution in [0.1, 0.15) is 34.7 Å². The Morgan fingerprint density at radius 1 is 0.844 bits per heavy atom. The molecule has 0 spiro atoms. The van der Waals surface area contributed by atoms with Crippen LogP contribution < -0.4 is 15.5 Å². The van der Waals surface area contributed by atoms with Crippen LogP contribution in [-0.4, -0.2) is 17.5 Å². The zero-order valence-corrected chi connectivity index (χ0v) is 18.7. The number of carbonyl (C=O) groups is 2. The predicted octanol–water partition coefficient (Wildman–Crippen LogP) is 4.67. The van der Waals surface area contributed by atoms with Crippen LogP contribution in [-0.2, 0) is 16.2 Å². The van der Waals surface area contributed by atoms with Crippen LogP contribution in [0.4, 0.5) is 5.69 Å². The van der Waals surface area contributed by atoms with Gasteiger partial charge in [0, 0.05) is 5.69 Å². The smallest absolute Gasteiger partial charge is 0.329 e. The Labute approximate surface area is 188 Å². The first kappa shape index (κ1) is 22.7. The highest BCUT2D eigenvalue weighted by Gasteiger charge is 2.14. The molecule has 0 aliphatic heterocycles. The van der Waals surface area contributed by atoms with Crippen molar-refractivity contribution in [2.24, 2.45) is 5.10 Å². The molecule has 0 aliphatic carbocycles. The average molecular weight is 430 g/mol. The highest BCUT2D eigenvalue weighted by molar-refractivity contribution is 6.39. The standard InChI is InChI=1S/C26H27N3O3/c1-17-6-9-21(10-7-17)16-32-23-13-11-22(12-14-23)20(4)28-29-26(31)25(30)27-24-15-18(2)5-8-19(24)3/h5-15H,16H2,1-4H3,(H,27,30)(H,29,31)/b28-20+. The molecule has 0 fully saturated rings. The Hall–Kier alpha value is -3.93. The second kappa shape index (κ2) is 10.4. The van der Waals surface area contributed by atoms with Gasteiger partial charge in [-0.1, -0.05) is 42.0 Å². The molecular formula is C26H27N3O3. The van der Waals surface area contributed by atoms with Gasteiger partial charge in [-0.05, 0) is 80.3 Å². The van der Waals surface area contributed by atoms with E-state index >= 15 is 0 Å². The van der Waals surface area contributed by atoms with Crippen LogP contribution in [0.2, 0.25) is 0 Å². The molecule has 0 heterocycles. The van der Waals surface area contributed by atoms with Crippen molar-refractivity contribution >= 4 is 23.2 Å². The summed E-state index contributed by atoms with van der Waals surface area (Å²) in [5.41, 5.74) is 8.47. The molecule has 2 N–H and O–H groups in total. The quantitative estimate of drug-likeness (QED) is 0.339. The maximum absolute atomic E-state index is 12.2. The topological polar surface area (TPSA) is 79.8 Å². The summed E-state index contributed by atoms with van der Waals surface area (Å²) in [7, 11) is 0. The van der Waals surface area contributed by atoms with Gasteiger partial charge >= 0.3 is 11.8 Å². The van der Waals surface area contributed by atoms with E-state index in [9.17, 15) is 9.59 Å². The first-order valence-electron chi connectivity index (χ1n) is 10.3. The number of anilines is 1. The molecule has 0 unspecified atom stereocenters. The van der Waals surface area contributed by atoms with E-state index in [1.807, 2.05) is 75.4 Å². The van der Waals surface area contributed by atoms with Gasteiger partial charge in [-0.25, -0.2) is 5.43 Å². The van der Waals surface area contributed by atoms with Gasteiger partial charge in [0.05, 0.1) is 5.71 Å². The number of hydrogen-bond acceptors (Lipinski definition) is 4. The lowest BCUT2D eigenvalue weighted by atomic mass is 10.1. The van der Waals surface area contributed by atoms with Crippen LogP contribution in [0.15, 0.2) is 71.8 Å². The Balaban J connectivity index is 1.54. The van der Waals surface area contributed by atoms with E-state index in [-0.39, 0.29) is 0 Å². The summed E-state index contributed by atoms with van der Waals surface area (Å²) < 4.78 is 5.81. The molecule has 164 valence electrons. The average Bonchev–Trinajstić information content (AvgIpc) is 2.79. The number of hydrazone groups is 1. The number of nitrogens with zero attached hydrogens (tertiary/aromatic N) is 1. The maximum atomic E-state index is 12.2. The predicted molar refractivity (Wildman–Crippen MR) is 127 cm³/mol. The van der Waals surface area contributed by atoms with Crippen LogP contribution in [0, 0.1) is 20.8 Å². The fraction of sp³-hybridized carbons (Fsp3) is 0.192. The summed E-state index contributed by atoms with van der Waals surface area (Å²) in [5.74, 6) is -0.863. The molecule has 0 saturated heterocycles. The fourth-order valence-corrected chi connectivity index (χ4v) is 2.94. The molecule has 32 heavy (non-hydrogen) atoms. The van der Waals surface area contributed by atoms with Gasteiger partial charge in [0.2, 0.25) is 0 Å². The molecule has 3 aromatic carbocycles. The van der Waals surface area contributed by atoms with Gasteiger partial charge < -0.3 is 10.1 Å². The molecule has 0 aliphatic rings. The third-order valence-corrected chi connectivity index (χ3v) is 4.97. The molecule has 0 radical (unpaired) electrons. The van der Waals surface area contributed by atoms with Crippen molar-refractivity contribution in [1.29, 1.82) is 0 Å². The summed E-state index contributed by atoms with van der Waals surface area (Å²) in [4.78, 5) is 24.3. The number of rotatable bonds is 6. The molecule has 0 atom stereocenters. The van der Waals surface area contributed by atoms with Gasteiger partial charge in [-0.3, -0.25) is 9.59 Å². The number of benzene rings is 3. The van der Waals surface area contributed by atoms with Crippen LogP contribution >= 0.6 is 0 Å². The molecular weight excluding hydrogens is 402 g/mol. The van der Waals surface area contributed by atoms with Gasteiger partial charge in [0.15, 0.2) is 0 Å². The van der Waals surface area contributed by atoms with Crippen molar-refractivity contribution < 1.29 is 14.3 Å². The van der Waals surface area contributed by atoms with E-state index in [0.717, 1.165) is 28.0 Å². The van der Waals surface area contributed by atoms with E-state index in [1.165, 1.54) is 5.56 Å². The molecule has 3 aromatic rings. The van der Waals surface area contributed by atoms with E-state index in [4.69, 9.17) is 4.74 Å². The van der Waals surface area contributed by atoms with Crippen molar-refractivity contribution in [3.8, 4) is 5.75 Å².